The van der Waals surface area contributed by atoms with Crippen LogP contribution in [0.4, 0.5) is 0 Å². The summed E-state index contributed by atoms with van der Waals surface area (Å²) < 4.78 is 33.8. The zero-order valence-electron chi connectivity index (χ0n) is 9.31. The van der Waals surface area contributed by atoms with Crippen molar-refractivity contribution in [2.75, 3.05) is 7.11 Å². The van der Waals surface area contributed by atoms with Crippen LogP contribution < -0.4 is 4.72 Å². The van der Waals surface area contributed by atoms with Gasteiger partial charge in [0.1, 0.15) is 5.70 Å². The predicted molar refractivity (Wildman–Crippen MR) is 75.7 cm³/mol. The highest BCUT2D eigenvalue weighted by Gasteiger charge is 2.25. The number of rotatable bonds is 2. The molecule has 1 aliphatic heterocycles. The molecule has 1 N–H and O–H groups in total. The van der Waals surface area contributed by atoms with Gasteiger partial charge in [-0.1, -0.05) is 11.6 Å². The van der Waals surface area contributed by atoms with Crippen LogP contribution >= 0.6 is 38.9 Å². The third kappa shape index (κ3) is 3.16. The van der Waals surface area contributed by atoms with Crippen molar-refractivity contribution in [1.29, 1.82) is 0 Å². The van der Waals surface area contributed by atoms with E-state index in [9.17, 15) is 13.2 Å². The molecule has 0 saturated heterocycles. The quantitative estimate of drug-likeness (QED) is 0.788. The van der Waals surface area contributed by atoms with E-state index in [1.165, 1.54) is 17.4 Å². The average molecular weight is 386 g/mol. The molecule has 10 heteroatoms. The van der Waals surface area contributed by atoms with E-state index >= 15 is 0 Å². The van der Waals surface area contributed by atoms with Crippen LogP contribution in [0.15, 0.2) is 26.0 Å². The van der Waals surface area contributed by atoms with Gasteiger partial charge in [-0.05, 0) is 28.1 Å². The van der Waals surface area contributed by atoms with Crippen LogP contribution in [-0.2, 0) is 19.7 Å². The third-order valence-corrected chi connectivity index (χ3v) is 5.45. The van der Waals surface area contributed by atoms with E-state index in [2.05, 4.69) is 25.1 Å². The number of hydrogen-bond acceptors (Lipinski definition) is 5. The third-order valence-electron chi connectivity index (χ3n) is 2.04. The molecule has 0 spiro atoms. The smallest absolute Gasteiger partial charge is 0.355 e. The second-order valence-electron chi connectivity index (χ2n) is 3.34. The van der Waals surface area contributed by atoms with E-state index in [0.29, 0.717) is 13.7 Å². The molecule has 2 rings (SSSR count). The minimum atomic E-state index is -3.97. The number of hydrogen-bond donors (Lipinski definition) is 1. The van der Waals surface area contributed by atoms with E-state index in [1.807, 2.05) is 4.72 Å². The molecule has 0 aliphatic carbocycles. The Labute approximate surface area is 126 Å². The summed E-state index contributed by atoms with van der Waals surface area (Å²) in [5, 5.41) is 0.437. The maximum absolute atomic E-state index is 11.6. The van der Waals surface area contributed by atoms with Crippen molar-refractivity contribution in [3.05, 3.63) is 31.5 Å². The fraction of sp³-hybridized carbons (Fsp3) is 0.111. The number of methoxy groups -OCH3 is 1. The number of allylic oxidation sites excluding steroid dienone is 1. The van der Waals surface area contributed by atoms with Crippen molar-refractivity contribution in [3.8, 4) is 0 Å². The number of esters is 1. The highest BCUT2D eigenvalue weighted by molar-refractivity contribution is 9.11. The van der Waals surface area contributed by atoms with Gasteiger partial charge in [-0.25, -0.2) is 4.79 Å². The van der Waals surface area contributed by atoms with Crippen LogP contribution in [0.5, 0.6) is 0 Å². The molecular formula is C9H6BrClN2O4S2. The summed E-state index contributed by atoms with van der Waals surface area (Å²) in [4.78, 5) is 11.9. The fourth-order valence-electron chi connectivity index (χ4n) is 1.28. The Balaban J connectivity index is 2.51. The van der Waals surface area contributed by atoms with E-state index in [4.69, 9.17) is 11.6 Å². The van der Waals surface area contributed by atoms with Gasteiger partial charge < -0.3 is 4.74 Å². The summed E-state index contributed by atoms with van der Waals surface area (Å²) in [6.45, 7) is 0. The number of thiophene rings is 1. The first kappa shape index (κ1) is 14.5. The molecule has 0 atom stereocenters. The van der Waals surface area contributed by atoms with Gasteiger partial charge in [0.25, 0.3) is 0 Å². The lowest BCUT2D eigenvalue weighted by Gasteiger charge is -2.12. The lowest BCUT2D eigenvalue weighted by molar-refractivity contribution is -0.136. The second-order valence-corrected chi connectivity index (χ2v) is 7.45. The summed E-state index contributed by atoms with van der Waals surface area (Å²) in [6.07, 6.45) is 1.29. The maximum atomic E-state index is 11.6. The van der Waals surface area contributed by atoms with Crippen LogP contribution in [0.2, 0.25) is 5.02 Å². The van der Waals surface area contributed by atoms with Gasteiger partial charge in [-0.15, -0.1) is 15.7 Å². The Morgan fingerprint density at radius 3 is 2.79 bits per heavy atom. The molecule has 6 nitrogen and oxygen atoms in total. The molecule has 1 aromatic rings. The average Bonchev–Trinajstić information content (AvgIpc) is 2.66. The molecule has 0 aromatic carbocycles. The van der Waals surface area contributed by atoms with Gasteiger partial charge in [0.15, 0.2) is 0 Å². The first-order chi connectivity index (χ1) is 8.82. The minimum absolute atomic E-state index is 0.122. The Morgan fingerprint density at radius 2 is 2.26 bits per heavy atom. The molecule has 0 unspecified atom stereocenters. The monoisotopic (exact) mass is 384 g/mol. The number of ether oxygens (including phenoxy) is 1. The van der Waals surface area contributed by atoms with Gasteiger partial charge in [-0.3, -0.25) is 4.72 Å². The van der Waals surface area contributed by atoms with Crippen molar-refractivity contribution < 1.29 is 17.9 Å². The normalized spacial score (nSPS) is 17.2. The fourth-order valence-corrected chi connectivity index (χ4v) is 3.88. The molecule has 2 heterocycles. The molecule has 0 bridgehead atoms. The number of halogens is 2. The van der Waals surface area contributed by atoms with E-state index in [0.717, 1.165) is 7.11 Å². The summed E-state index contributed by atoms with van der Waals surface area (Å²) in [7, 11) is -2.82. The Kier molecular flexibility index (Phi) is 4.00. The number of carbonyl (C=O) groups excluding carboxylic acids is 1. The van der Waals surface area contributed by atoms with Gasteiger partial charge in [0.2, 0.25) is 0 Å². The highest BCUT2D eigenvalue weighted by Crippen LogP contribution is 2.33. The molecular weight excluding hydrogens is 380 g/mol. The topological polar surface area (TPSA) is 84.8 Å². The van der Waals surface area contributed by atoms with Gasteiger partial charge in [0, 0.05) is 0 Å². The predicted octanol–water partition coefficient (Wildman–Crippen LogP) is 1.86. The summed E-state index contributed by atoms with van der Waals surface area (Å²) >= 11 is 10.3. The molecule has 1 aliphatic rings. The lowest BCUT2D eigenvalue weighted by atomic mass is 10.2. The second kappa shape index (κ2) is 5.23. The molecule has 0 fully saturated rings. The molecule has 19 heavy (non-hydrogen) atoms. The van der Waals surface area contributed by atoms with Crippen LogP contribution in [0.1, 0.15) is 4.88 Å². The van der Waals surface area contributed by atoms with Crippen LogP contribution in [0, 0.1) is 0 Å². The zero-order valence-corrected chi connectivity index (χ0v) is 13.3. The van der Waals surface area contributed by atoms with Gasteiger partial charge >= 0.3 is 16.2 Å². The number of nitrogens with zero attached hydrogens (tertiary/aromatic N) is 1. The molecule has 0 radical (unpaired) electrons. The number of nitrogens with one attached hydrogen (secondary N) is 1. The number of carbonyl (C=O) groups is 1. The Bertz CT molecular complexity index is 688. The SMILES string of the molecule is COC(=O)C1=CC(c2cc(Cl)c(Br)s2)=NS(=O)(=O)N1. The Hall–Kier alpha value is -0.900. The maximum Gasteiger partial charge on any atom is 0.355 e. The van der Waals surface area contributed by atoms with Gasteiger partial charge in [0.05, 0.1) is 26.5 Å². The minimum Gasteiger partial charge on any atom is -0.464 e. The van der Waals surface area contributed by atoms with E-state index in [1.54, 1.807) is 6.07 Å². The van der Waals surface area contributed by atoms with Crippen molar-refractivity contribution >= 4 is 60.8 Å². The zero-order chi connectivity index (χ0) is 14.2. The van der Waals surface area contributed by atoms with E-state index in [-0.39, 0.29) is 11.4 Å². The summed E-state index contributed by atoms with van der Waals surface area (Å²) in [6, 6.07) is 1.56. The van der Waals surface area contributed by atoms with Crippen molar-refractivity contribution in [2.24, 2.45) is 4.40 Å². The summed E-state index contributed by atoms with van der Waals surface area (Å²) in [5.41, 5.74) is -0.0788. The van der Waals surface area contributed by atoms with Crippen molar-refractivity contribution in [1.82, 2.24) is 4.72 Å². The van der Waals surface area contributed by atoms with Crippen LogP contribution in [0.3, 0.4) is 0 Å². The molecule has 0 saturated carbocycles. The standard InChI is InChI=1S/C9H6BrClN2O4S2/c1-17-9(14)6-3-5(12-19(15,16)13-6)7-2-4(11)8(10)18-7/h2-3,13H,1H3. The summed E-state index contributed by atoms with van der Waals surface area (Å²) in [5.74, 6) is -0.794. The first-order valence-electron chi connectivity index (χ1n) is 4.70. The Morgan fingerprint density at radius 1 is 1.58 bits per heavy atom. The van der Waals surface area contributed by atoms with Crippen LogP contribution in [-0.4, -0.2) is 27.2 Å². The first-order valence-corrected chi connectivity index (χ1v) is 8.13. The van der Waals surface area contributed by atoms with Crippen molar-refractivity contribution in [3.63, 3.8) is 0 Å². The van der Waals surface area contributed by atoms with Crippen LogP contribution in [0.25, 0.3) is 0 Å². The molecule has 1 aromatic heterocycles. The van der Waals surface area contributed by atoms with Gasteiger partial charge in [-0.2, -0.15) is 8.42 Å². The van der Waals surface area contributed by atoms with E-state index < -0.39 is 16.2 Å². The van der Waals surface area contributed by atoms with Crippen molar-refractivity contribution in [2.45, 2.75) is 0 Å². The largest absolute Gasteiger partial charge is 0.464 e. The molecule has 102 valence electrons. The highest BCUT2D eigenvalue weighted by atomic mass is 79.9. The molecule has 0 amide bonds. The lowest BCUT2D eigenvalue weighted by Crippen LogP contribution is -2.31.